The number of halogens is 1. The Morgan fingerprint density at radius 2 is 0.818 bits per heavy atom. The second kappa shape index (κ2) is 56.5. The largest absolute Gasteiger partial charge is 1.00 e. The molecule has 2 unspecified atom stereocenters. The molecule has 4 amide bonds. The van der Waals surface area contributed by atoms with Crippen LogP contribution in [0.15, 0.2) is 11.6 Å². The van der Waals surface area contributed by atoms with Gasteiger partial charge < -0.3 is 121 Å². The number of ketones is 1. The number of amides is 4. The number of piperidine rings is 4. The molecule has 6 fully saturated rings. The van der Waals surface area contributed by atoms with Gasteiger partial charge in [0.25, 0.3) is 0 Å². The maximum atomic E-state index is 12.0. The molecule has 4 heterocycles. The van der Waals surface area contributed by atoms with Crippen LogP contribution >= 0.6 is 7.60 Å². The molecule has 576 valence electrons. The molecule has 4 aliphatic heterocycles. The molecule has 2 saturated carbocycles. The fourth-order valence-corrected chi connectivity index (χ4v) is 11.1. The molecule has 24 nitrogen and oxygen atoms in total. The third-order valence-corrected chi connectivity index (χ3v) is 16.0. The first kappa shape index (κ1) is 120. The first-order valence-electron chi connectivity index (χ1n) is 31.4. The Labute approximate surface area is 718 Å². The van der Waals surface area contributed by atoms with Crippen molar-refractivity contribution in [1.82, 2.24) is 19.6 Å². The molecule has 4 radical (unpaired) electrons. The maximum absolute atomic E-state index is 12.0. The number of carbonyl (C=O) groups excluding carboxylic acids is 8. The Hall–Kier alpha value is 0.306. The Kier molecular flexibility index (Phi) is 68.7. The van der Waals surface area contributed by atoms with Crippen LogP contribution in [0.3, 0.4) is 0 Å². The van der Waals surface area contributed by atoms with E-state index in [-0.39, 0.29) is 271 Å². The van der Waals surface area contributed by atoms with Crippen LogP contribution in [0.4, 0.5) is 19.2 Å². The van der Waals surface area contributed by atoms with Crippen LogP contribution in [0.5, 0.6) is 0 Å². The van der Waals surface area contributed by atoms with Gasteiger partial charge >= 0.3 is 49.9 Å². The summed E-state index contributed by atoms with van der Waals surface area (Å²) in [6, 6.07) is 0. The van der Waals surface area contributed by atoms with Gasteiger partial charge in [-0.2, -0.15) is 0 Å². The molecule has 31 heteroatoms. The number of nitrogens with zero attached hydrogens (tertiary/aromatic N) is 4. The number of ether oxygens (including phenoxy) is 7. The molecule has 6 rings (SSSR count). The molecule has 0 aromatic carbocycles. The zero-order valence-electron chi connectivity index (χ0n) is 64.4. The van der Waals surface area contributed by atoms with Gasteiger partial charge in [0.1, 0.15) is 53.1 Å². The maximum Gasteiger partial charge on any atom is 0.410 e. The number of Topliss-reactive ketones (excluding diaryl/α,β-unsaturated/α-hetero) is 1. The number of esters is 3. The van der Waals surface area contributed by atoms with E-state index < -0.39 is 45.9 Å². The molecule has 0 aromatic heterocycles. The fraction of sp³-hybridized carbons (Fsp3) is 0.794. The number of rotatable bonds is 12. The van der Waals surface area contributed by atoms with Gasteiger partial charge in [0.2, 0.25) is 0 Å². The molecule has 4 saturated heterocycles. The van der Waals surface area contributed by atoms with E-state index in [1.807, 2.05) is 90.0 Å². The van der Waals surface area contributed by atoms with Crippen LogP contribution in [0.25, 0.3) is 0 Å². The van der Waals surface area contributed by atoms with Gasteiger partial charge in [-0.3, -0.25) is 18.9 Å². The predicted molar refractivity (Wildman–Crippen MR) is 373 cm³/mol. The van der Waals surface area contributed by atoms with Crippen molar-refractivity contribution in [3.8, 4) is 0 Å². The van der Waals surface area contributed by atoms with Crippen molar-refractivity contribution >= 4 is 65.6 Å². The third-order valence-electron chi connectivity index (χ3n) is 14.1. The molecule has 1 N–H and O–H groups in total. The van der Waals surface area contributed by atoms with Gasteiger partial charge in [-0.25, -0.2) is 24.0 Å². The molecule has 2 atom stereocenters. The smallest absolute Gasteiger partial charge is 0.410 e. The standard InChI is InChI=1S/C15H25NO4.C14H23NO4.C13H23NO3.C10H17NO3.C8H17O5P.C3H9OS.CH4.4CH3.HI.4Y/c1-5-19-12(17)11-10-15(11)6-8-16(9-7-15)13(18)20-14(2,3)4;1-5-18-12(16)10-11-6-8-15(9-7-11)13(17)19-14(2,3)4;1-12(2,3)17-11(16)14-6-4-13(5-7-14)8-10(13)9-15;1-10(2,3)14-9(13)11-6-4-8(12)5-7-11;1-4-11-8(9)7-14(10,12-5-2)13-6-3;1-5(2,3)4;;;;;;;;;;/h11H,5-10H2,1-4H3;10H,5-9H2,1-4H3;10,15H,4-9H2,1-3H3;2*4-7H2,1-3H3;1-3H3;1H4;4*1H3;1H;;;;/q;;;;;+1;;4*-1;;;;;/p-1. The SMILES string of the molecule is C.CC(C)(C)OC(=O)N1CCC(=O)CC1.CC(C)(C)OC(=O)N1CCC2(CC1)CC2CO.CCOC(=O)C1CC12CCN(C(=O)OC(C)(C)C)CC2.CCOC(=O)C=C1CCN(C(=O)OC(C)(C)C)CC1.CCOC(=O)CP(=O)(OCC)OCC.C[S+](C)(C)=O.[CH3-].[CH3-].[CH3-].[CH3-].[I-].[Y].[Y].[Y].[Y]. The topological polar surface area (TPSA) is 287 Å². The van der Waals surface area contributed by atoms with Gasteiger partial charge in [0.15, 0.2) is 0 Å². The first-order valence-corrected chi connectivity index (χ1v) is 35.9. The number of hydrogen-bond donors (Lipinski definition) is 1. The van der Waals surface area contributed by atoms with Gasteiger partial charge in [-0.15, -0.1) is 4.21 Å². The molecular weight excluding hydrogens is 1740 g/mol. The summed E-state index contributed by atoms with van der Waals surface area (Å²) in [5, 5.41) is 9.15. The molecule has 0 bridgehead atoms. The van der Waals surface area contributed by atoms with E-state index in [9.17, 15) is 47.1 Å². The summed E-state index contributed by atoms with van der Waals surface area (Å²) in [7, 11) is -4.70. The van der Waals surface area contributed by atoms with E-state index in [1.165, 1.54) is 6.08 Å². The van der Waals surface area contributed by atoms with Crippen LogP contribution < -0.4 is 24.0 Å². The summed E-state index contributed by atoms with van der Waals surface area (Å²) in [6.07, 6.45) is 13.4. The van der Waals surface area contributed by atoms with Crippen molar-refractivity contribution < 1.29 is 249 Å². The van der Waals surface area contributed by atoms with Crippen molar-refractivity contribution in [2.45, 2.75) is 212 Å². The van der Waals surface area contributed by atoms with E-state index in [0.29, 0.717) is 96.1 Å². The molecule has 99 heavy (non-hydrogen) atoms. The van der Waals surface area contributed by atoms with Crippen molar-refractivity contribution in [2.75, 3.05) is 117 Å². The summed E-state index contributed by atoms with van der Waals surface area (Å²) in [6.45, 7) is 37.9. The quantitative estimate of drug-likeness (QED) is 0.0361. The summed E-state index contributed by atoms with van der Waals surface area (Å²) in [4.78, 5) is 99.0. The van der Waals surface area contributed by atoms with E-state index >= 15 is 0 Å². The normalized spacial score (nSPS) is 17.4. The van der Waals surface area contributed by atoms with Gasteiger partial charge in [0, 0.05) is 209 Å². The summed E-state index contributed by atoms with van der Waals surface area (Å²) in [5.74, 6) is -0.185. The number of aliphatic hydroxyl groups is 1. The van der Waals surface area contributed by atoms with E-state index in [1.54, 1.807) is 66.1 Å². The van der Waals surface area contributed by atoms with Gasteiger partial charge in [-0.1, -0.05) is 13.0 Å². The second-order valence-corrected chi connectivity index (χ2v) is 32.9. The third kappa shape index (κ3) is 53.7. The Balaban J connectivity index is -0.000000120. The van der Waals surface area contributed by atoms with E-state index in [2.05, 4.69) is 4.74 Å². The van der Waals surface area contributed by atoms with Crippen molar-refractivity contribution in [3.63, 3.8) is 0 Å². The number of likely N-dealkylation sites (tertiary alicyclic amines) is 4. The molecule has 0 aromatic rings. The number of carbonyl (C=O) groups is 8. The minimum atomic E-state index is -3.28. The molecule has 2 spiro atoms. The first-order chi connectivity index (χ1) is 40.9. The monoisotopic (exact) mass is 1870 g/mol. The Bertz CT molecular complexity index is 2400. The van der Waals surface area contributed by atoms with Crippen molar-refractivity contribution in [3.05, 3.63) is 41.4 Å². The average Bonchev–Trinajstić information content (AvgIpc) is 1.60. The van der Waals surface area contributed by atoms with E-state index in [0.717, 1.165) is 57.2 Å². The summed E-state index contributed by atoms with van der Waals surface area (Å²) >= 11 is 0. The molecular formula is C68H130IN4O20PSY4-4. The van der Waals surface area contributed by atoms with Gasteiger partial charge in [0.05, 0.1) is 48.9 Å². The van der Waals surface area contributed by atoms with Crippen LogP contribution in [-0.2, 0) is 211 Å². The summed E-state index contributed by atoms with van der Waals surface area (Å²) in [5.41, 5.74) is -0.355. The van der Waals surface area contributed by atoms with Crippen molar-refractivity contribution in [2.24, 2.45) is 22.7 Å². The van der Waals surface area contributed by atoms with Crippen LogP contribution in [0, 0.1) is 52.4 Å². The average molecular weight is 1870 g/mol. The number of hydrogen-bond acceptors (Lipinski definition) is 20. The van der Waals surface area contributed by atoms with Crippen LogP contribution in [0.1, 0.15) is 189 Å². The zero-order chi connectivity index (χ0) is 68.4. The minimum absolute atomic E-state index is 0. The van der Waals surface area contributed by atoms with Gasteiger partial charge in [-0.05, 0) is 186 Å². The zero-order valence-corrected chi connectivity index (χ0v) is 79.7. The van der Waals surface area contributed by atoms with E-state index in [4.69, 9.17) is 42.6 Å². The van der Waals surface area contributed by atoms with Crippen LogP contribution in [0.2, 0.25) is 0 Å². The fourth-order valence-electron chi connectivity index (χ4n) is 9.65. The van der Waals surface area contributed by atoms with Crippen LogP contribution in [-0.4, -0.2) is 212 Å². The number of aliphatic hydroxyl groups excluding tert-OH is 1. The Morgan fingerprint density at radius 1 is 0.515 bits per heavy atom. The second-order valence-electron chi connectivity index (χ2n) is 27.4. The predicted octanol–water partition coefficient (Wildman–Crippen LogP) is 10.3. The summed E-state index contributed by atoms with van der Waals surface area (Å²) < 4.78 is 67.6. The van der Waals surface area contributed by atoms with Crippen molar-refractivity contribution in [1.29, 1.82) is 0 Å². The molecule has 6 aliphatic rings. The molecule has 2 aliphatic carbocycles. The Morgan fingerprint density at radius 3 is 1.10 bits per heavy atom. The minimum Gasteiger partial charge on any atom is -1.00 e.